The fraction of sp³-hybridized carbons (Fsp3) is 0.300. The molecule has 0 radical (unpaired) electrons. The van der Waals surface area contributed by atoms with Crippen molar-refractivity contribution < 1.29 is 13.9 Å². The van der Waals surface area contributed by atoms with Gasteiger partial charge >= 0.3 is 0 Å². The maximum absolute atomic E-state index is 12.8. The van der Waals surface area contributed by atoms with Gasteiger partial charge < -0.3 is 4.74 Å². The Kier molecular flexibility index (Phi) is 4.07. The van der Waals surface area contributed by atoms with E-state index in [1.54, 1.807) is 13.0 Å². The summed E-state index contributed by atoms with van der Waals surface area (Å²) in [5, 5.41) is 0. The first-order chi connectivity index (χ1) is 6.63. The van der Waals surface area contributed by atoms with Crippen molar-refractivity contribution >= 4 is 21.7 Å². The molecule has 14 heavy (non-hydrogen) atoms. The summed E-state index contributed by atoms with van der Waals surface area (Å²) in [7, 11) is 0. The Morgan fingerprint density at radius 1 is 1.57 bits per heavy atom. The first-order valence-electron chi connectivity index (χ1n) is 4.23. The molecule has 0 aliphatic rings. The fourth-order valence-corrected chi connectivity index (χ4v) is 1.21. The fourth-order valence-electron chi connectivity index (χ4n) is 0.848. The van der Waals surface area contributed by atoms with Crippen LogP contribution in [0.2, 0.25) is 0 Å². The lowest BCUT2D eigenvalue weighted by Crippen LogP contribution is -2.09. The molecule has 0 amide bonds. The third-order valence-electron chi connectivity index (χ3n) is 1.68. The quantitative estimate of drug-likeness (QED) is 0.832. The van der Waals surface area contributed by atoms with Crippen LogP contribution in [0.3, 0.4) is 0 Å². The normalized spacial score (nSPS) is 9.93. The maximum atomic E-state index is 12.8. The molecule has 1 aromatic carbocycles. The number of hydrogen-bond donors (Lipinski definition) is 0. The van der Waals surface area contributed by atoms with Crippen LogP contribution in [0, 0.1) is 5.82 Å². The van der Waals surface area contributed by atoms with Gasteiger partial charge in [0.2, 0.25) is 0 Å². The van der Waals surface area contributed by atoms with Crippen molar-refractivity contribution in [1.29, 1.82) is 0 Å². The van der Waals surface area contributed by atoms with E-state index in [2.05, 4.69) is 15.9 Å². The smallest absolute Gasteiger partial charge is 0.169 e. The van der Waals surface area contributed by atoms with E-state index in [1.807, 2.05) is 0 Å². The Morgan fingerprint density at radius 3 is 2.93 bits per heavy atom. The number of Topliss-reactive ketones (excluding diaryl/α,β-unsaturated/α-hetero) is 1. The maximum Gasteiger partial charge on any atom is 0.169 e. The van der Waals surface area contributed by atoms with Crippen LogP contribution in [0.15, 0.2) is 22.7 Å². The molecule has 0 aliphatic heterocycles. The Labute approximate surface area is 90.2 Å². The zero-order valence-corrected chi connectivity index (χ0v) is 9.30. The van der Waals surface area contributed by atoms with Crippen LogP contribution >= 0.6 is 15.9 Å². The molecule has 4 heteroatoms. The zero-order valence-electron chi connectivity index (χ0n) is 7.72. The van der Waals surface area contributed by atoms with Gasteiger partial charge in [0, 0.05) is 12.5 Å². The van der Waals surface area contributed by atoms with Crippen molar-refractivity contribution in [3.05, 3.63) is 28.5 Å². The molecular weight excluding hydrogens is 251 g/mol. The van der Waals surface area contributed by atoms with Crippen LogP contribution < -0.4 is 4.74 Å². The lowest BCUT2D eigenvalue weighted by molar-refractivity contribution is -0.120. The van der Waals surface area contributed by atoms with E-state index in [0.29, 0.717) is 16.6 Å². The van der Waals surface area contributed by atoms with Crippen molar-refractivity contribution in [3.8, 4) is 5.75 Å². The van der Waals surface area contributed by atoms with Crippen LogP contribution in [0.1, 0.15) is 13.3 Å². The Morgan fingerprint density at radius 2 is 2.29 bits per heavy atom. The molecule has 0 aliphatic carbocycles. The summed E-state index contributed by atoms with van der Waals surface area (Å²) in [6.45, 7) is 1.74. The first kappa shape index (κ1) is 11.2. The van der Waals surface area contributed by atoms with Gasteiger partial charge in [-0.1, -0.05) is 6.92 Å². The van der Waals surface area contributed by atoms with E-state index >= 15 is 0 Å². The van der Waals surface area contributed by atoms with Crippen molar-refractivity contribution in [2.45, 2.75) is 13.3 Å². The number of carbonyl (C=O) groups is 1. The number of ether oxygens (including phenoxy) is 1. The molecule has 0 fully saturated rings. The largest absolute Gasteiger partial charge is 0.485 e. The van der Waals surface area contributed by atoms with Gasteiger partial charge in [-0.3, -0.25) is 4.79 Å². The van der Waals surface area contributed by atoms with Gasteiger partial charge in [-0.2, -0.15) is 0 Å². The van der Waals surface area contributed by atoms with E-state index in [1.165, 1.54) is 12.1 Å². The van der Waals surface area contributed by atoms with E-state index in [-0.39, 0.29) is 18.2 Å². The first-order valence-corrected chi connectivity index (χ1v) is 5.02. The van der Waals surface area contributed by atoms with Crippen molar-refractivity contribution in [2.24, 2.45) is 0 Å². The summed E-state index contributed by atoms with van der Waals surface area (Å²) in [6, 6.07) is 4.10. The van der Waals surface area contributed by atoms with Crippen LogP contribution in [0.5, 0.6) is 5.75 Å². The number of ketones is 1. The van der Waals surface area contributed by atoms with Crippen LogP contribution in [0.25, 0.3) is 0 Å². The van der Waals surface area contributed by atoms with Crippen LogP contribution in [0.4, 0.5) is 4.39 Å². The highest BCUT2D eigenvalue weighted by molar-refractivity contribution is 9.10. The van der Waals surface area contributed by atoms with Crippen LogP contribution in [-0.4, -0.2) is 12.4 Å². The second kappa shape index (κ2) is 5.10. The second-order valence-corrected chi connectivity index (χ2v) is 3.61. The molecule has 0 atom stereocenters. The van der Waals surface area contributed by atoms with Gasteiger partial charge in [-0.15, -0.1) is 0 Å². The summed E-state index contributed by atoms with van der Waals surface area (Å²) < 4.78 is 18.5. The summed E-state index contributed by atoms with van der Waals surface area (Å²) in [5.41, 5.74) is 0. The average molecular weight is 261 g/mol. The molecule has 0 unspecified atom stereocenters. The minimum absolute atomic E-state index is 0.0128. The molecule has 0 bridgehead atoms. The summed E-state index contributed by atoms with van der Waals surface area (Å²) in [4.78, 5) is 10.9. The van der Waals surface area contributed by atoms with Crippen molar-refractivity contribution in [2.75, 3.05) is 6.61 Å². The molecule has 76 valence electrons. The molecular formula is C10H10BrFO2. The summed E-state index contributed by atoms with van der Waals surface area (Å²) in [5.74, 6) is -0.0416. The van der Waals surface area contributed by atoms with E-state index in [0.717, 1.165) is 0 Å². The van der Waals surface area contributed by atoms with Gasteiger partial charge in [-0.25, -0.2) is 4.39 Å². The molecule has 0 saturated heterocycles. The summed E-state index contributed by atoms with van der Waals surface area (Å²) >= 11 is 3.20. The molecule has 1 rings (SSSR count). The Hall–Kier alpha value is -0.900. The van der Waals surface area contributed by atoms with Crippen molar-refractivity contribution in [1.82, 2.24) is 0 Å². The SMILES string of the molecule is CCC(=O)COc1cc(F)ccc1Br. The van der Waals surface area contributed by atoms with Gasteiger partial charge in [0.15, 0.2) is 5.78 Å². The highest BCUT2D eigenvalue weighted by Gasteiger charge is 2.05. The number of hydrogen-bond acceptors (Lipinski definition) is 2. The predicted octanol–water partition coefficient (Wildman–Crippen LogP) is 2.95. The second-order valence-electron chi connectivity index (χ2n) is 2.76. The molecule has 0 N–H and O–H groups in total. The number of halogens is 2. The highest BCUT2D eigenvalue weighted by Crippen LogP contribution is 2.25. The predicted molar refractivity (Wildman–Crippen MR) is 54.9 cm³/mol. The third-order valence-corrected chi connectivity index (χ3v) is 2.33. The van der Waals surface area contributed by atoms with E-state index in [4.69, 9.17) is 4.74 Å². The minimum Gasteiger partial charge on any atom is -0.485 e. The molecule has 0 spiro atoms. The Balaban J connectivity index is 2.66. The number of benzene rings is 1. The average Bonchev–Trinajstić information content (AvgIpc) is 2.19. The zero-order chi connectivity index (χ0) is 10.6. The monoisotopic (exact) mass is 260 g/mol. The van der Waals surface area contributed by atoms with Gasteiger partial charge in [0.05, 0.1) is 4.47 Å². The topological polar surface area (TPSA) is 26.3 Å². The number of rotatable bonds is 4. The molecule has 1 aromatic rings. The molecule has 0 heterocycles. The standard InChI is InChI=1S/C10H10BrFO2/c1-2-8(13)6-14-10-5-7(12)3-4-9(10)11/h3-5H,2,6H2,1H3. The minimum atomic E-state index is -0.382. The van der Waals surface area contributed by atoms with E-state index in [9.17, 15) is 9.18 Å². The molecule has 0 saturated carbocycles. The highest BCUT2D eigenvalue weighted by atomic mass is 79.9. The van der Waals surface area contributed by atoms with Crippen LogP contribution in [-0.2, 0) is 4.79 Å². The third kappa shape index (κ3) is 3.10. The molecule has 0 aromatic heterocycles. The lowest BCUT2D eigenvalue weighted by Gasteiger charge is -2.06. The lowest BCUT2D eigenvalue weighted by atomic mass is 10.3. The van der Waals surface area contributed by atoms with Gasteiger partial charge in [0.1, 0.15) is 18.2 Å². The Bertz CT molecular complexity index is 339. The number of carbonyl (C=O) groups excluding carboxylic acids is 1. The van der Waals surface area contributed by atoms with Gasteiger partial charge in [0.25, 0.3) is 0 Å². The van der Waals surface area contributed by atoms with E-state index < -0.39 is 0 Å². The molecule has 2 nitrogen and oxygen atoms in total. The van der Waals surface area contributed by atoms with Gasteiger partial charge in [-0.05, 0) is 28.1 Å². The summed E-state index contributed by atoms with van der Waals surface area (Å²) in [6.07, 6.45) is 0.424. The van der Waals surface area contributed by atoms with Crippen molar-refractivity contribution in [3.63, 3.8) is 0 Å².